The SMILES string of the molecule is CCC(=O)ON1C=CC=CN1. The van der Waals surface area contributed by atoms with Gasteiger partial charge in [0.2, 0.25) is 0 Å². The first kappa shape index (κ1) is 7.65. The van der Waals surface area contributed by atoms with Crippen LogP contribution in [0.3, 0.4) is 0 Å². The number of hydrazine groups is 1. The summed E-state index contributed by atoms with van der Waals surface area (Å²) < 4.78 is 0. The zero-order valence-corrected chi connectivity index (χ0v) is 6.28. The van der Waals surface area contributed by atoms with E-state index < -0.39 is 0 Å². The molecule has 0 aromatic heterocycles. The number of nitrogens with zero attached hydrogens (tertiary/aromatic N) is 1. The van der Waals surface area contributed by atoms with Gasteiger partial charge in [0.05, 0.1) is 6.20 Å². The Balaban J connectivity index is 2.33. The van der Waals surface area contributed by atoms with Crippen LogP contribution in [-0.4, -0.2) is 11.1 Å². The van der Waals surface area contributed by atoms with E-state index in [-0.39, 0.29) is 5.97 Å². The van der Waals surface area contributed by atoms with Gasteiger partial charge in [-0.1, -0.05) is 6.92 Å². The lowest BCUT2D eigenvalue weighted by Gasteiger charge is -2.19. The van der Waals surface area contributed by atoms with Crippen LogP contribution in [0.5, 0.6) is 0 Å². The fourth-order valence-corrected chi connectivity index (χ4v) is 0.574. The molecule has 60 valence electrons. The fourth-order valence-electron chi connectivity index (χ4n) is 0.574. The molecule has 1 rings (SSSR count). The topological polar surface area (TPSA) is 41.6 Å². The van der Waals surface area contributed by atoms with Crippen molar-refractivity contribution >= 4 is 5.97 Å². The van der Waals surface area contributed by atoms with E-state index in [0.29, 0.717) is 6.42 Å². The molecule has 0 atom stereocenters. The highest BCUT2D eigenvalue weighted by Crippen LogP contribution is 1.95. The van der Waals surface area contributed by atoms with Gasteiger partial charge in [-0.05, 0) is 12.2 Å². The molecule has 0 aromatic rings. The number of hydrogen-bond acceptors (Lipinski definition) is 4. The Kier molecular flexibility index (Phi) is 2.54. The summed E-state index contributed by atoms with van der Waals surface area (Å²) in [5.41, 5.74) is 2.71. The van der Waals surface area contributed by atoms with Crippen LogP contribution >= 0.6 is 0 Å². The minimum absolute atomic E-state index is 0.266. The molecule has 1 heterocycles. The lowest BCUT2D eigenvalue weighted by molar-refractivity contribution is -0.186. The molecule has 1 N–H and O–H groups in total. The van der Waals surface area contributed by atoms with E-state index in [2.05, 4.69) is 5.43 Å². The van der Waals surface area contributed by atoms with Gasteiger partial charge in [0.25, 0.3) is 0 Å². The van der Waals surface area contributed by atoms with E-state index in [1.807, 2.05) is 0 Å². The minimum atomic E-state index is -0.266. The summed E-state index contributed by atoms with van der Waals surface area (Å²) in [7, 11) is 0. The minimum Gasteiger partial charge on any atom is -0.321 e. The van der Waals surface area contributed by atoms with Crippen LogP contribution in [-0.2, 0) is 9.63 Å². The van der Waals surface area contributed by atoms with Crippen molar-refractivity contribution in [2.45, 2.75) is 13.3 Å². The zero-order valence-electron chi connectivity index (χ0n) is 6.28. The van der Waals surface area contributed by atoms with Gasteiger partial charge in [0, 0.05) is 12.6 Å². The second-order valence-electron chi connectivity index (χ2n) is 1.97. The van der Waals surface area contributed by atoms with Crippen LogP contribution < -0.4 is 5.43 Å². The highest BCUT2D eigenvalue weighted by atomic mass is 16.7. The van der Waals surface area contributed by atoms with E-state index in [0.717, 1.165) is 0 Å². The van der Waals surface area contributed by atoms with Crippen molar-refractivity contribution in [3.05, 3.63) is 24.6 Å². The van der Waals surface area contributed by atoms with Crippen LogP contribution in [0.1, 0.15) is 13.3 Å². The van der Waals surface area contributed by atoms with Gasteiger partial charge in [-0.15, -0.1) is 5.17 Å². The normalized spacial score (nSPS) is 14.5. The summed E-state index contributed by atoms with van der Waals surface area (Å²) in [4.78, 5) is 15.5. The standard InChI is InChI=1S/C7H10N2O2/c1-2-7(10)11-9-6-4-3-5-8-9/h3-6,8H,2H2,1H3. The predicted octanol–water partition coefficient (Wildman–Crippen LogP) is 0.702. The Labute approximate surface area is 65.1 Å². The van der Waals surface area contributed by atoms with Crippen LogP contribution in [0.4, 0.5) is 0 Å². The molecule has 0 spiro atoms. The van der Waals surface area contributed by atoms with Crippen molar-refractivity contribution in [3.63, 3.8) is 0 Å². The molecule has 1 aliphatic heterocycles. The van der Waals surface area contributed by atoms with Crippen LogP contribution in [0.25, 0.3) is 0 Å². The Morgan fingerprint density at radius 3 is 3.00 bits per heavy atom. The van der Waals surface area contributed by atoms with E-state index in [1.165, 1.54) is 5.17 Å². The third-order valence-corrected chi connectivity index (χ3v) is 1.12. The van der Waals surface area contributed by atoms with Crippen molar-refractivity contribution in [3.8, 4) is 0 Å². The molecule has 0 bridgehead atoms. The molecule has 0 radical (unpaired) electrons. The van der Waals surface area contributed by atoms with Gasteiger partial charge < -0.3 is 4.84 Å². The van der Waals surface area contributed by atoms with E-state index in [9.17, 15) is 4.79 Å². The lowest BCUT2D eigenvalue weighted by atomic mass is 10.5. The Hall–Kier alpha value is -1.45. The second-order valence-corrected chi connectivity index (χ2v) is 1.97. The van der Waals surface area contributed by atoms with Crippen molar-refractivity contribution in [1.82, 2.24) is 10.6 Å². The maximum absolute atomic E-state index is 10.7. The molecule has 11 heavy (non-hydrogen) atoms. The molecule has 0 amide bonds. The maximum Gasteiger partial charge on any atom is 0.334 e. The van der Waals surface area contributed by atoms with E-state index >= 15 is 0 Å². The lowest BCUT2D eigenvalue weighted by Crippen LogP contribution is -2.32. The van der Waals surface area contributed by atoms with E-state index in [1.54, 1.807) is 31.5 Å². The predicted molar refractivity (Wildman–Crippen MR) is 39.6 cm³/mol. The number of nitrogens with one attached hydrogen (secondary N) is 1. The molecule has 0 aliphatic carbocycles. The number of rotatable bonds is 2. The van der Waals surface area contributed by atoms with Crippen molar-refractivity contribution in [1.29, 1.82) is 0 Å². The Morgan fingerprint density at radius 2 is 2.45 bits per heavy atom. The zero-order chi connectivity index (χ0) is 8.10. The molecular formula is C7H10N2O2. The first-order valence-corrected chi connectivity index (χ1v) is 3.42. The average Bonchev–Trinajstić information content (AvgIpc) is 2.06. The third-order valence-electron chi connectivity index (χ3n) is 1.12. The quantitative estimate of drug-likeness (QED) is 0.635. The third kappa shape index (κ3) is 2.33. The monoisotopic (exact) mass is 154 g/mol. The van der Waals surface area contributed by atoms with Gasteiger partial charge in [0.1, 0.15) is 0 Å². The molecule has 0 aromatic carbocycles. The van der Waals surface area contributed by atoms with Gasteiger partial charge in [-0.3, -0.25) is 5.43 Å². The highest BCUT2D eigenvalue weighted by molar-refractivity contribution is 5.68. The highest BCUT2D eigenvalue weighted by Gasteiger charge is 2.04. The van der Waals surface area contributed by atoms with Gasteiger partial charge in [-0.25, -0.2) is 4.79 Å². The summed E-state index contributed by atoms with van der Waals surface area (Å²) in [6.45, 7) is 1.74. The summed E-state index contributed by atoms with van der Waals surface area (Å²) in [5.74, 6) is -0.266. The summed E-state index contributed by atoms with van der Waals surface area (Å²) in [6, 6.07) is 0. The molecule has 1 aliphatic rings. The number of allylic oxidation sites excluding steroid dienone is 2. The molecule has 0 saturated carbocycles. The maximum atomic E-state index is 10.7. The second kappa shape index (κ2) is 3.65. The largest absolute Gasteiger partial charge is 0.334 e. The van der Waals surface area contributed by atoms with Crippen molar-refractivity contribution in [2.24, 2.45) is 0 Å². The summed E-state index contributed by atoms with van der Waals surface area (Å²) in [5, 5.41) is 1.26. The number of hydroxylamine groups is 1. The fraction of sp³-hybridized carbons (Fsp3) is 0.286. The van der Waals surface area contributed by atoms with Gasteiger partial charge in [-0.2, -0.15) is 0 Å². The van der Waals surface area contributed by atoms with Crippen LogP contribution in [0.15, 0.2) is 24.6 Å². The first-order chi connectivity index (χ1) is 5.33. The average molecular weight is 154 g/mol. The van der Waals surface area contributed by atoms with Gasteiger partial charge >= 0.3 is 5.97 Å². The smallest absolute Gasteiger partial charge is 0.321 e. The van der Waals surface area contributed by atoms with Crippen molar-refractivity contribution in [2.75, 3.05) is 0 Å². The molecular weight excluding hydrogens is 144 g/mol. The number of carbonyl (C=O) groups is 1. The van der Waals surface area contributed by atoms with Crippen LogP contribution in [0.2, 0.25) is 0 Å². The molecule has 0 fully saturated rings. The van der Waals surface area contributed by atoms with Crippen molar-refractivity contribution < 1.29 is 9.63 Å². The molecule has 0 unspecified atom stereocenters. The molecule has 0 saturated heterocycles. The molecule has 4 nitrogen and oxygen atoms in total. The number of carbonyl (C=O) groups excluding carboxylic acids is 1. The molecule has 4 heteroatoms. The first-order valence-electron chi connectivity index (χ1n) is 3.42. The van der Waals surface area contributed by atoms with E-state index in [4.69, 9.17) is 4.84 Å². The van der Waals surface area contributed by atoms with Crippen LogP contribution in [0, 0.1) is 0 Å². The Morgan fingerprint density at radius 1 is 1.64 bits per heavy atom. The summed E-state index contributed by atoms with van der Waals surface area (Å²) in [6.07, 6.45) is 7.22. The summed E-state index contributed by atoms with van der Waals surface area (Å²) >= 11 is 0. The van der Waals surface area contributed by atoms with Gasteiger partial charge in [0.15, 0.2) is 0 Å². The number of hydrogen-bond donors (Lipinski definition) is 1. The Bertz CT molecular complexity index is 199.